The van der Waals surface area contributed by atoms with Crippen LogP contribution in [0.1, 0.15) is 40.5 Å². The summed E-state index contributed by atoms with van der Waals surface area (Å²) >= 11 is 0. The van der Waals surface area contributed by atoms with Crippen molar-refractivity contribution in [1.82, 2.24) is 5.32 Å². The van der Waals surface area contributed by atoms with Crippen LogP contribution in [0.2, 0.25) is 0 Å². The van der Waals surface area contributed by atoms with Crippen LogP contribution >= 0.6 is 0 Å². The van der Waals surface area contributed by atoms with Gasteiger partial charge in [-0.05, 0) is 26.7 Å². The van der Waals surface area contributed by atoms with Crippen LogP contribution in [-0.2, 0) is 4.74 Å². The van der Waals surface area contributed by atoms with Crippen LogP contribution < -0.4 is 5.32 Å². The quantitative estimate of drug-likeness (QED) is 0.665. The van der Waals surface area contributed by atoms with Crippen LogP contribution in [0.4, 0.5) is 0 Å². The average Bonchev–Trinajstić information content (AvgIpc) is 2.00. The molecule has 0 heterocycles. The molecule has 2 heteroatoms. The van der Waals surface area contributed by atoms with Crippen molar-refractivity contribution in [2.45, 2.75) is 52.1 Å². The molecule has 12 heavy (non-hydrogen) atoms. The minimum absolute atomic E-state index is 0.103. The summed E-state index contributed by atoms with van der Waals surface area (Å²) < 4.78 is 5.13. The fourth-order valence-electron chi connectivity index (χ4n) is 1.45. The van der Waals surface area contributed by atoms with E-state index in [4.69, 9.17) is 4.74 Å². The van der Waals surface area contributed by atoms with E-state index >= 15 is 0 Å². The van der Waals surface area contributed by atoms with Crippen LogP contribution in [-0.4, -0.2) is 25.3 Å². The zero-order chi connectivity index (χ0) is 9.61. The van der Waals surface area contributed by atoms with Crippen molar-refractivity contribution in [2.24, 2.45) is 0 Å². The van der Waals surface area contributed by atoms with Crippen molar-refractivity contribution in [3.8, 4) is 0 Å². The summed E-state index contributed by atoms with van der Waals surface area (Å²) in [5.74, 6) is 0. The van der Waals surface area contributed by atoms with E-state index in [1.165, 1.54) is 12.8 Å². The number of hydrogen-bond donors (Lipinski definition) is 1. The van der Waals surface area contributed by atoms with Gasteiger partial charge in [0.25, 0.3) is 0 Å². The molecule has 0 bridgehead atoms. The first kappa shape index (κ1) is 11.9. The number of hydrogen-bond acceptors (Lipinski definition) is 2. The topological polar surface area (TPSA) is 21.3 Å². The minimum atomic E-state index is 0.103. The second kappa shape index (κ2) is 5.55. The Balaban J connectivity index is 3.84. The number of nitrogens with one attached hydrogen (secondary N) is 1. The summed E-state index contributed by atoms with van der Waals surface area (Å²) in [6.07, 6.45) is 2.37. The van der Waals surface area contributed by atoms with Crippen molar-refractivity contribution in [2.75, 3.05) is 13.7 Å². The van der Waals surface area contributed by atoms with E-state index in [0.29, 0.717) is 6.04 Å². The van der Waals surface area contributed by atoms with E-state index < -0.39 is 0 Å². The third-order valence-corrected chi connectivity index (χ3v) is 2.09. The van der Waals surface area contributed by atoms with E-state index in [-0.39, 0.29) is 5.54 Å². The Hall–Kier alpha value is -0.0800. The molecular formula is C10H23NO. The molecule has 0 aliphatic carbocycles. The lowest BCUT2D eigenvalue weighted by atomic mass is 10.0. The first-order valence-electron chi connectivity index (χ1n) is 4.82. The van der Waals surface area contributed by atoms with Gasteiger partial charge in [0.15, 0.2) is 0 Å². The average molecular weight is 173 g/mol. The molecule has 0 aromatic carbocycles. The second-order valence-electron chi connectivity index (χ2n) is 3.97. The maximum absolute atomic E-state index is 5.13. The SMILES string of the molecule is CCC(CC)NC(C)(C)COC. The van der Waals surface area contributed by atoms with Crippen molar-refractivity contribution < 1.29 is 4.74 Å². The highest BCUT2D eigenvalue weighted by Crippen LogP contribution is 2.07. The predicted octanol–water partition coefficient (Wildman–Crippen LogP) is 2.19. The van der Waals surface area contributed by atoms with E-state index in [1.54, 1.807) is 7.11 Å². The minimum Gasteiger partial charge on any atom is -0.383 e. The highest BCUT2D eigenvalue weighted by molar-refractivity contribution is 4.80. The molecular weight excluding hydrogens is 150 g/mol. The van der Waals surface area contributed by atoms with Gasteiger partial charge in [-0.3, -0.25) is 0 Å². The molecule has 0 amide bonds. The molecule has 0 fully saturated rings. The van der Waals surface area contributed by atoms with Gasteiger partial charge in [-0.2, -0.15) is 0 Å². The molecule has 0 rings (SSSR count). The lowest BCUT2D eigenvalue weighted by Crippen LogP contribution is -2.48. The molecule has 0 saturated heterocycles. The Labute approximate surface area is 76.7 Å². The lowest BCUT2D eigenvalue weighted by Gasteiger charge is -2.30. The number of rotatable bonds is 6. The van der Waals surface area contributed by atoms with Gasteiger partial charge in [-0.25, -0.2) is 0 Å². The van der Waals surface area contributed by atoms with Crippen molar-refractivity contribution in [1.29, 1.82) is 0 Å². The molecule has 0 unspecified atom stereocenters. The van der Waals surface area contributed by atoms with Gasteiger partial charge < -0.3 is 10.1 Å². The Morgan fingerprint density at radius 2 is 1.75 bits per heavy atom. The molecule has 0 aromatic rings. The Morgan fingerprint density at radius 3 is 2.08 bits per heavy atom. The third kappa shape index (κ3) is 4.73. The molecule has 0 radical (unpaired) electrons. The molecule has 0 aromatic heterocycles. The van der Waals surface area contributed by atoms with E-state index in [2.05, 4.69) is 33.0 Å². The van der Waals surface area contributed by atoms with E-state index in [9.17, 15) is 0 Å². The predicted molar refractivity (Wildman–Crippen MR) is 53.5 cm³/mol. The van der Waals surface area contributed by atoms with E-state index in [0.717, 1.165) is 6.61 Å². The Kier molecular flexibility index (Phi) is 5.51. The largest absolute Gasteiger partial charge is 0.383 e. The summed E-state index contributed by atoms with van der Waals surface area (Å²) in [5, 5.41) is 3.57. The molecule has 0 atom stereocenters. The Morgan fingerprint density at radius 1 is 1.25 bits per heavy atom. The van der Waals surface area contributed by atoms with Gasteiger partial charge in [-0.1, -0.05) is 13.8 Å². The maximum Gasteiger partial charge on any atom is 0.0639 e. The summed E-state index contributed by atoms with van der Waals surface area (Å²) in [5.41, 5.74) is 0.103. The highest BCUT2D eigenvalue weighted by atomic mass is 16.5. The normalized spacial score (nSPS) is 12.5. The highest BCUT2D eigenvalue weighted by Gasteiger charge is 2.19. The van der Waals surface area contributed by atoms with Crippen molar-refractivity contribution >= 4 is 0 Å². The maximum atomic E-state index is 5.13. The van der Waals surface area contributed by atoms with Gasteiger partial charge in [-0.15, -0.1) is 0 Å². The van der Waals surface area contributed by atoms with Crippen LogP contribution in [0.3, 0.4) is 0 Å². The number of methoxy groups -OCH3 is 1. The van der Waals surface area contributed by atoms with Gasteiger partial charge in [0.2, 0.25) is 0 Å². The molecule has 0 aliphatic heterocycles. The standard InChI is InChI=1S/C10H23NO/c1-6-9(7-2)11-10(3,4)8-12-5/h9,11H,6-8H2,1-5H3. The zero-order valence-corrected chi connectivity index (χ0v) is 9.11. The smallest absolute Gasteiger partial charge is 0.0639 e. The van der Waals surface area contributed by atoms with Crippen LogP contribution in [0.5, 0.6) is 0 Å². The monoisotopic (exact) mass is 173 g/mol. The van der Waals surface area contributed by atoms with Crippen LogP contribution in [0, 0.1) is 0 Å². The summed E-state index contributed by atoms with van der Waals surface area (Å²) in [4.78, 5) is 0. The molecule has 1 N–H and O–H groups in total. The first-order valence-corrected chi connectivity index (χ1v) is 4.82. The number of ether oxygens (including phenoxy) is 1. The zero-order valence-electron chi connectivity index (χ0n) is 9.11. The van der Waals surface area contributed by atoms with E-state index in [1.807, 2.05) is 0 Å². The van der Waals surface area contributed by atoms with Gasteiger partial charge in [0.1, 0.15) is 0 Å². The van der Waals surface area contributed by atoms with Crippen LogP contribution in [0.15, 0.2) is 0 Å². The van der Waals surface area contributed by atoms with Gasteiger partial charge >= 0.3 is 0 Å². The van der Waals surface area contributed by atoms with Gasteiger partial charge in [0, 0.05) is 18.7 Å². The summed E-state index contributed by atoms with van der Waals surface area (Å²) in [6.45, 7) is 9.54. The molecule has 0 saturated carbocycles. The summed E-state index contributed by atoms with van der Waals surface area (Å²) in [6, 6.07) is 0.621. The molecule has 74 valence electrons. The van der Waals surface area contributed by atoms with Crippen LogP contribution in [0.25, 0.3) is 0 Å². The fourth-order valence-corrected chi connectivity index (χ4v) is 1.45. The second-order valence-corrected chi connectivity index (χ2v) is 3.97. The summed E-state index contributed by atoms with van der Waals surface area (Å²) in [7, 11) is 1.75. The molecule has 2 nitrogen and oxygen atoms in total. The van der Waals surface area contributed by atoms with Crippen molar-refractivity contribution in [3.63, 3.8) is 0 Å². The molecule has 0 aliphatic rings. The molecule has 0 spiro atoms. The first-order chi connectivity index (χ1) is 5.55. The van der Waals surface area contributed by atoms with Gasteiger partial charge in [0.05, 0.1) is 6.61 Å². The van der Waals surface area contributed by atoms with Crippen molar-refractivity contribution in [3.05, 3.63) is 0 Å². The fraction of sp³-hybridized carbons (Fsp3) is 1.00. The lowest BCUT2D eigenvalue weighted by molar-refractivity contribution is 0.119. The Bertz CT molecular complexity index is 108. The third-order valence-electron chi connectivity index (χ3n) is 2.09.